The molecule has 2 fully saturated rings. The van der Waals surface area contributed by atoms with Gasteiger partial charge in [0.05, 0.1) is 19.0 Å². The number of carbonyl (C=O) groups excluding carboxylic acids is 3. The molecule has 2 heterocycles. The Balaban J connectivity index is 0.000000229. The smallest absolute Gasteiger partial charge is 0.434 e. The summed E-state index contributed by atoms with van der Waals surface area (Å²) in [5.74, 6) is 0.561. The summed E-state index contributed by atoms with van der Waals surface area (Å²) in [7, 11) is 3.82. The normalized spacial score (nSPS) is 32.5. The molecule has 0 radical (unpaired) electrons. The van der Waals surface area contributed by atoms with Gasteiger partial charge in [-0.15, -0.1) is 0 Å². The van der Waals surface area contributed by atoms with Crippen LogP contribution in [0, 0.1) is 35.8 Å². The number of carbonyl (C=O) groups is 3. The maximum Gasteiger partial charge on any atom is 0.434 e. The summed E-state index contributed by atoms with van der Waals surface area (Å²) in [5, 5.41) is 11.8. The standard InChI is InChI=1S/C17H21N3O3.C15H19N3O.2CH4/c1-16(2)12-7-6-10-9-20(15(22)23-5)19-13(10)17(12,3)8-11(18-4)14(16)21;1-14(2)11-6-5-9-8-17-18-12(9)15(11,3)7-10(16-4)13(14)19;;/h9,11-12H,6-8H2,1-3,5H3;8,10-11H,5-7H2,1-3H3,(H,17,18);2*1H4/t11?,12-,17-;10?,11-,15-;;/m00../s1/i;;2*1T. The second kappa shape index (κ2) is 11.6. The number of hydrogen-bond acceptors (Lipinski definition) is 6. The molecule has 0 aromatic carbocycles. The van der Waals surface area contributed by atoms with Crippen molar-refractivity contribution < 1.29 is 21.9 Å². The Labute approximate surface area is 264 Å². The molecule has 0 bridgehead atoms. The monoisotopic (exact) mass is 608 g/mol. The predicted molar refractivity (Wildman–Crippen MR) is 168 cm³/mol. The summed E-state index contributed by atoms with van der Waals surface area (Å²) in [6.45, 7) is 26.9. The van der Waals surface area contributed by atoms with E-state index in [9.17, 15) is 14.4 Å². The molecule has 2 saturated carbocycles. The third kappa shape index (κ3) is 4.87. The second-order valence-electron chi connectivity index (χ2n) is 14.1. The van der Waals surface area contributed by atoms with E-state index in [1.165, 1.54) is 32.2 Å². The zero-order valence-electron chi connectivity index (χ0n) is 29.6. The lowest BCUT2D eigenvalue weighted by Crippen LogP contribution is -2.56. The van der Waals surface area contributed by atoms with Crippen LogP contribution in [0.5, 0.6) is 0 Å². The molecule has 2 unspecified atom stereocenters. The summed E-state index contributed by atoms with van der Waals surface area (Å²) >= 11 is 0. The first kappa shape index (κ1) is 31.6. The van der Waals surface area contributed by atoms with Crippen molar-refractivity contribution in [2.75, 3.05) is 7.11 Å². The van der Waals surface area contributed by atoms with Gasteiger partial charge in [0.25, 0.3) is 12.1 Å². The topological polar surface area (TPSA) is 116 Å². The number of methoxy groups -OCH3 is 1. The van der Waals surface area contributed by atoms with Crippen molar-refractivity contribution in [1.82, 2.24) is 20.0 Å². The molecule has 2 aromatic rings. The van der Waals surface area contributed by atoms with Crippen LogP contribution in [0.2, 0.25) is 0 Å². The molecule has 0 amide bonds. The molecular formula is C34H48N6O4. The Bertz CT molecular complexity index is 1550. The Morgan fingerprint density at radius 1 is 0.955 bits per heavy atom. The first-order valence-corrected chi connectivity index (χ1v) is 14.7. The van der Waals surface area contributed by atoms with Crippen molar-refractivity contribution >= 4 is 17.7 Å². The number of fused-ring (bicyclic) bond motifs is 6. The van der Waals surface area contributed by atoms with Crippen molar-refractivity contribution in [2.24, 2.45) is 22.7 Å². The lowest BCUT2D eigenvalue weighted by Gasteiger charge is -2.51. The molecule has 10 nitrogen and oxygen atoms in total. The van der Waals surface area contributed by atoms with Crippen molar-refractivity contribution in [1.29, 1.82) is 0 Å². The number of aryl methyl sites for hydroxylation is 2. The molecule has 2 aromatic heterocycles. The van der Waals surface area contributed by atoms with E-state index < -0.39 is 29.0 Å². The van der Waals surface area contributed by atoms with Crippen LogP contribution >= 0.6 is 0 Å². The van der Waals surface area contributed by atoms with Crippen molar-refractivity contribution in [3.05, 3.63) is 57.7 Å². The fraction of sp³-hybridized carbons (Fsp3) is 0.676. The molecule has 4 aliphatic carbocycles. The van der Waals surface area contributed by atoms with E-state index in [1.807, 2.05) is 33.9 Å². The highest BCUT2D eigenvalue weighted by atomic mass is 16.5. The summed E-state index contributed by atoms with van der Waals surface area (Å²) in [4.78, 5) is 44.0. The van der Waals surface area contributed by atoms with Gasteiger partial charge >= 0.3 is 6.09 Å². The van der Waals surface area contributed by atoms with Crippen LogP contribution in [-0.2, 0) is 38.0 Å². The van der Waals surface area contributed by atoms with Gasteiger partial charge in [0.15, 0.2) is 0 Å². The molecule has 0 spiro atoms. The van der Waals surface area contributed by atoms with Gasteiger partial charge in [-0.3, -0.25) is 14.7 Å². The fourth-order valence-corrected chi connectivity index (χ4v) is 9.03. The van der Waals surface area contributed by atoms with E-state index >= 15 is 0 Å². The van der Waals surface area contributed by atoms with Gasteiger partial charge in [-0.25, -0.2) is 17.9 Å². The summed E-state index contributed by atoms with van der Waals surface area (Å²) in [6, 6.07) is -1.15. The first-order valence-electron chi connectivity index (χ1n) is 16.7. The summed E-state index contributed by atoms with van der Waals surface area (Å²) in [5.41, 5.74) is 2.78. The first-order chi connectivity index (χ1) is 21.7. The highest BCUT2D eigenvalue weighted by molar-refractivity contribution is 5.93. The minimum Gasteiger partial charge on any atom is -0.451 e. The molecule has 1 N–H and O–H groups in total. The lowest BCUT2D eigenvalue weighted by atomic mass is 9.50. The molecule has 4 aliphatic rings. The molecule has 6 rings (SSSR count). The van der Waals surface area contributed by atoms with Crippen LogP contribution in [0.25, 0.3) is 9.69 Å². The molecule has 238 valence electrons. The Morgan fingerprint density at radius 2 is 1.45 bits per heavy atom. The van der Waals surface area contributed by atoms with E-state index in [-0.39, 0.29) is 28.3 Å². The number of nitrogens with zero attached hydrogens (tertiary/aromatic N) is 5. The quantitative estimate of drug-likeness (QED) is 0.347. The number of ether oxygens (including phenoxy) is 1. The average Bonchev–Trinajstić information content (AvgIpc) is 3.72. The third-order valence-corrected chi connectivity index (χ3v) is 11.1. The molecule has 0 saturated heterocycles. The Morgan fingerprint density at radius 3 is 1.98 bits per heavy atom. The number of aromatic nitrogens is 4. The highest BCUT2D eigenvalue weighted by Crippen LogP contribution is 2.57. The highest BCUT2D eigenvalue weighted by Gasteiger charge is 2.61. The van der Waals surface area contributed by atoms with E-state index in [4.69, 9.17) is 20.6 Å². The minimum absolute atomic E-state index is 0.0332. The maximum absolute atomic E-state index is 12.6. The van der Waals surface area contributed by atoms with Crippen LogP contribution in [0.3, 0.4) is 0 Å². The molecule has 6 atom stereocenters. The van der Waals surface area contributed by atoms with Crippen LogP contribution in [0.1, 0.15) is 107 Å². The number of nitrogens with one attached hydrogen (secondary N) is 1. The molecule has 44 heavy (non-hydrogen) atoms. The van der Waals surface area contributed by atoms with Gasteiger partial charge in [-0.05, 0) is 48.6 Å². The van der Waals surface area contributed by atoms with Crippen molar-refractivity contribution in [2.45, 2.75) is 118 Å². The van der Waals surface area contributed by atoms with Crippen LogP contribution in [-0.4, -0.2) is 56.8 Å². The van der Waals surface area contributed by atoms with Gasteiger partial charge in [0.2, 0.25) is 11.6 Å². The zero-order valence-corrected chi connectivity index (χ0v) is 27.6. The number of rotatable bonds is 0. The molecular weight excluding hydrogens is 556 g/mol. The maximum atomic E-state index is 12.6. The lowest BCUT2D eigenvalue weighted by molar-refractivity contribution is -0.138. The van der Waals surface area contributed by atoms with Crippen LogP contribution < -0.4 is 0 Å². The molecule has 10 heteroatoms. The van der Waals surface area contributed by atoms with E-state index in [2.05, 4.69) is 38.8 Å². The predicted octanol–water partition coefficient (Wildman–Crippen LogP) is 6.39. The third-order valence-electron chi connectivity index (χ3n) is 11.1. The van der Waals surface area contributed by atoms with Gasteiger partial charge in [0.1, 0.15) is 0 Å². The van der Waals surface area contributed by atoms with E-state index in [1.54, 1.807) is 6.20 Å². The number of H-pyrrole nitrogens is 1. The number of hydrogen-bond donors (Lipinski definition) is 1. The van der Waals surface area contributed by atoms with Gasteiger partial charge < -0.3 is 14.4 Å². The Hall–Kier alpha value is -3.79. The molecule has 0 aliphatic heterocycles. The van der Waals surface area contributed by atoms with Crippen LogP contribution in [0.15, 0.2) is 12.4 Å². The SMILES string of the molecule is [3H]C.[3H]C.[C-]#[N+]C1C[C@]2(C)c3[nH]ncc3CC[C@H]2C(C)(C)C1=O.[C-]#[N+]C1C[C@]2(C)c3nn(C(=O)OC)cc3CC[C@H]2C(C)(C)C1=O. The number of ketones is 2. The summed E-state index contributed by atoms with van der Waals surface area (Å²) < 4.78 is 17.5. The summed E-state index contributed by atoms with van der Waals surface area (Å²) in [6.07, 6.45) is 7.82. The van der Waals surface area contributed by atoms with E-state index in [0.717, 1.165) is 42.6 Å². The number of aromatic amines is 1. The zero-order chi connectivity index (χ0) is 34.8. The fourth-order valence-electron chi connectivity index (χ4n) is 9.03. The van der Waals surface area contributed by atoms with Crippen molar-refractivity contribution in [3.8, 4) is 0 Å². The Kier molecular flexibility index (Phi) is 8.35. The number of Topliss-reactive ketones (excluding diaryl/α,β-unsaturated/α-hetero) is 2. The minimum atomic E-state index is -0.638. The van der Waals surface area contributed by atoms with E-state index in [0.29, 0.717) is 18.8 Å². The van der Waals surface area contributed by atoms with Gasteiger partial charge in [-0.2, -0.15) is 14.9 Å². The van der Waals surface area contributed by atoms with Crippen LogP contribution in [0.4, 0.5) is 4.79 Å². The van der Waals surface area contributed by atoms with Gasteiger partial charge in [0, 0.05) is 49.1 Å². The largest absolute Gasteiger partial charge is 0.451 e. The van der Waals surface area contributed by atoms with Crippen molar-refractivity contribution in [3.63, 3.8) is 0 Å². The average molecular weight is 609 g/mol. The van der Waals surface area contributed by atoms with Gasteiger partial charge in [-0.1, -0.05) is 56.3 Å². The second-order valence-corrected chi connectivity index (χ2v) is 14.1.